The van der Waals surface area contributed by atoms with E-state index in [2.05, 4.69) is 27.0 Å². The van der Waals surface area contributed by atoms with Crippen LogP contribution in [0.3, 0.4) is 0 Å². The number of nitrogens with zero attached hydrogens (tertiary/aromatic N) is 5. The molecule has 1 aromatic heterocycles. The lowest BCUT2D eigenvalue weighted by molar-refractivity contribution is 0.0298. The smallest absolute Gasteiger partial charge is 0.274 e. The fraction of sp³-hybridized carbons (Fsp3) is 0.630. The number of hydrogen-bond acceptors (Lipinski definition) is 7. The van der Waals surface area contributed by atoms with Gasteiger partial charge in [0.2, 0.25) is 0 Å². The molecule has 0 unspecified atom stereocenters. The second-order valence-corrected chi connectivity index (χ2v) is 10.9. The predicted octanol–water partition coefficient (Wildman–Crippen LogP) is 2.97. The van der Waals surface area contributed by atoms with E-state index in [4.69, 9.17) is 9.47 Å². The number of likely N-dealkylation sites (tertiary alicyclic amines) is 1. The van der Waals surface area contributed by atoms with Gasteiger partial charge in [-0.2, -0.15) is 5.10 Å². The molecule has 0 saturated carbocycles. The molecular formula is C27H39N5O3S. The lowest BCUT2D eigenvalue weighted by atomic mass is 10.1. The average Bonchev–Trinajstić information content (AvgIpc) is 3.30. The largest absolute Gasteiger partial charge is 0.379 e. The summed E-state index contributed by atoms with van der Waals surface area (Å²) in [5.41, 5.74) is 3.90. The van der Waals surface area contributed by atoms with Crippen molar-refractivity contribution in [1.82, 2.24) is 24.5 Å². The summed E-state index contributed by atoms with van der Waals surface area (Å²) in [4.78, 5) is 21.0. The Bertz CT molecular complexity index is 993. The molecule has 0 atom stereocenters. The third-order valence-electron chi connectivity index (χ3n) is 7.45. The number of aromatic nitrogens is 2. The lowest BCUT2D eigenvalue weighted by Crippen LogP contribution is -2.42. The van der Waals surface area contributed by atoms with Crippen molar-refractivity contribution < 1.29 is 14.3 Å². The summed E-state index contributed by atoms with van der Waals surface area (Å²) < 4.78 is 12.5. The van der Waals surface area contributed by atoms with E-state index in [1.807, 2.05) is 28.8 Å². The summed E-state index contributed by atoms with van der Waals surface area (Å²) in [6.07, 6.45) is 4.25. The molecule has 0 N–H and O–H groups in total. The fourth-order valence-electron chi connectivity index (χ4n) is 5.36. The van der Waals surface area contributed by atoms with Gasteiger partial charge in [-0.25, -0.2) is 0 Å². The normalized spacial score (nSPS) is 20.8. The molecule has 3 fully saturated rings. The first-order valence-electron chi connectivity index (χ1n) is 13.4. The van der Waals surface area contributed by atoms with Crippen LogP contribution in [0.5, 0.6) is 0 Å². The van der Waals surface area contributed by atoms with Crippen molar-refractivity contribution in [3.8, 4) is 11.3 Å². The standard InChI is InChI=1S/C16H17N3O2S.C11H22N2O/c1-18-15-11-4-2-3-5-13(11)22-10-12(15)14(17-18)16(20)19-6-8-21-9-7-19;1-2-4-12(5-3-1)6-7-13-8-10-14-11-9-13/h2-5H,6-10H2,1H3;1-11H2. The number of piperidine rings is 1. The number of hydrogen-bond donors (Lipinski definition) is 0. The number of carbonyl (C=O) groups excluding carboxylic acids is 1. The van der Waals surface area contributed by atoms with Crippen LogP contribution in [0.2, 0.25) is 0 Å². The molecule has 8 nitrogen and oxygen atoms in total. The Kier molecular flexibility index (Phi) is 8.97. The van der Waals surface area contributed by atoms with Crippen LogP contribution in [0.15, 0.2) is 29.2 Å². The number of aryl methyl sites for hydroxylation is 1. The van der Waals surface area contributed by atoms with Gasteiger partial charge in [0.25, 0.3) is 5.91 Å². The molecule has 4 aliphatic heterocycles. The van der Waals surface area contributed by atoms with E-state index >= 15 is 0 Å². The molecule has 6 rings (SSSR count). The maximum atomic E-state index is 12.8. The van der Waals surface area contributed by atoms with Gasteiger partial charge in [-0.3, -0.25) is 14.4 Å². The minimum Gasteiger partial charge on any atom is -0.379 e. The molecule has 5 heterocycles. The van der Waals surface area contributed by atoms with Crippen LogP contribution in [-0.4, -0.2) is 109 Å². The van der Waals surface area contributed by atoms with Crippen molar-refractivity contribution in [2.75, 3.05) is 78.8 Å². The number of morpholine rings is 2. The lowest BCUT2D eigenvalue weighted by Gasteiger charge is -2.31. The highest BCUT2D eigenvalue weighted by atomic mass is 32.2. The molecule has 0 aliphatic carbocycles. The van der Waals surface area contributed by atoms with Crippen molar-refractivity contribution in [2.24, 2.45) is 7.05 Å². The van der Waals surface area contributed by atoms with Crippen molar-refractivity contribution in [3.05, 3.63) is 35.5 Å². The molecule has 3 saturated heterocycles. The molecule has 196 valence electrons. The van der Waals surface area contributed by atoms with E-state index in [1.165, 1.54) is 55.9 Å². The first-order chi connectivity index (χ1) is 17.7. The van der Waals surface area contributed by atoms with E-state index in [9.17, 15) is 4.79 Å². The maximum absolute atomic E-state index is 12.8. The van der Waals surface area contributed by atoms with E-state index < -0.39 is 0 Å². The number of fused-ring (bicyclic) bond motifs is 3. The number of benzene rings is 1. The van der Waals surface area contributed by atoms with E-state index in [0.717, 1.165) is 43.3 Å². The molecule has 0 radical (unpaired) electrons. The molecule has 1 amide bonds. The molecular weight excluding hydrogens is 474 g/mol. The van der Waals surface area contributed by atoms with Crippen LogP contribution in [0.4, 0.5) is 0 Å². The van der Waals surface area contributed by atoms with Gasteiger partial charge in [0.15, 0.2) is 5.69 Å². The van der Waals surface area contributed by atoms with Gasteiger partial charge in [-0.1, -0.05) is 24.6 Å². The highest BCUT2D eigenvalue weighted by Gasteiger charge is 2.30. The van der Waals surface area contributed by atoms with Gasteiger partial charge < -0.3 is 19.3 Å². The third kappa shape index (κ3) is 6.14. The van der Waals surface area contributed by atoms with Crippen molar-refractivity contribution in [2.45, 2.75) is 29.9 Å². The fourth-order valence-corrected chi connectivity index (χ4v) is 6.43. The number of amides is 1. The van der Waals surface area contributed by atoms with Gasteiger partial charge in [0.05, 0.1) is 32.1 Å². The average molecular weight is 514 g/mol. The molecule has 0 spiro atoms. The molecule has 2 aromatic rings. The Labute approximate surface area is 218 Å². The molecule has 9 heteroatoms. The summed E-state index contributed by atoms with van der Waals surface area (Å²) in [5, 5.41) is 4.54. The molecule has 1 aromatic carbocycles. The van der Waals surface area contributed by atoms with Crippen LogP contribution in [0.25, 0.3) is 11.3 Å². The zero-order valence-electron chi connectivity index (χ0n) is 21.5. The summed E-state index contributed by atoms with van der Waals surface area (Å²) in [5.74, 6) is 0.825. The van der Waals surface area contributed by atoms with Crippen molar-refractivity contribution in [3.63, 3.8) is 0 Å². The zero-order chi connectivity index (χ0) is 24.7. The first kappa shape index (κ1) is 25.7. The summed E-state index contributed by atoms with van der Waals surface area (Å²) in [7, 11) is 1.92. The summed E-state index contributed by atoms with van der Waals surface area (Å²) in [6, 6.07) is 8.31. The SMILES string of the molecule is C1CCN(CCN2CCOCC2)CC1.Cn1nc(C(=O)N2CCOCC2)c2c1-c1ccccc1SC2. The van der Waals surface area contributed by atoms with Crippen LogP contribution in [0.1, 0.15) is 35.3 Å². The van der Waals surface area contributed by atoms with Gasteiger partial charge in [-0.05, 0) is 32.0 Å². The number of carbonyl (C=O) groups is 1. The van der Waals surface area contributed by atoms with E-state index in [0.29, 0.717) is 32.0 Å². The monoisotopic (exact) mass is 513 g/mol. The maximum Gasteiger partial charge on any atom is 0.274 e. The number of thioether (sulfide) groups is 1. The minimum atomic E-state index is 0.0279. The molecule has 4 aliphatic rings. The van der Waals surface area contributed by atoms with E-state index in [1.54, 1.807) is 11.8 Å². The third-order valence-corrected chi connectivity index (χ3v) is 8.55. The Balaban J connectivity index is 0.000000165. The van der Waals surface area contributed by atoms with Crippen molar-refractivity contribution >= 4 is 17.7 Å². The van der Waals surface area contributed by atoms with E-state index in [-0.39, 0.29) is 5.91 Å². The highest BCUT2D eigenvalue weighted by Crippen LogP contribution is 2.42. The molecule has 0 bridgehead atoms. The topological polar surface area (TPSA) is 63.1 Å². The molecule has 36 heavy (non-hydrogen) atoms. The van der Waals surface area contributed by atoms with Crippen molar-refractivity contribution in [1.29, 1.82) is 0 Å². The summed E-state index contributed by atoms with van der Waals surface area (Å²) in [6.45, 7) is 11.8. The van der Waals surface area contributed by atoms with Crippen LogP contribution in [-0.2, 0) is 22.3 Å². The highest BCUT2D eigenvalue weighted by molar-refractivity contribution is 7.98. The Morgan fingerprint density at radius 2 is 1.53 bits per heavy atom. The Hall–Kier alpha value is -1.91. The summed E-state index contributed by atoms with van der Waals surface area (Å²) >= 11 is 1.77. The van der Waals surface area contributed by atoms with Gasteiger partial charge in [0, 0.05) is 68.1 Å². The number of ether oxygens (including phenoxy) is 2. The van der Waals surface area contributed by atoms with Crippen LogP contribution >= 0.6 is 11.8 Å². The number of rotatable bonds is 4. The van der Waals surface area contributed by atoms with Gasteiger partial charge in [-0.15, -0.1) is 11.8 Å². The first-order valence-corrected chi connectivity index (χ1v) is 14.4. The Morgan fingerprint density at radius 3 is 2.25 bits per heavy atom. The van der Waals surface area contributed by atoms with Gasteiger partial charge in [0.1, 0.15) is 0 Å². The zero-order valence-corrected chi connectivity index (χ0v) is 22.3. The second kappa shape index (κ2) is 12.6. The van der Waals surface area contributed by atoms with Crippen LogP contribution in [0, 0.1) is 0 Å². The van der Waals surface area contributed by atoms with Gasteiger partial charge >= 0.3 is 0 Å². The quantitative estimate of drug-likeness (QED) is 0.623. The Morgan fingerprint density at radius 1 is 0.889 bits per heavy atom. The van der Waals surface area contributed by atoms with Crippen LogP contribution < -0.4 is 0 Å². The minimum absolute atomic E-state index is 0.0279. The predicted molar refractivity (Wildman–Crippen MR) is 142 cm³/mol. The second-order valence-electron chi connectivity index (χ2n) is 9.85.